The monoisotopic (exact) mass is 558 g/mol. The third-order valence-corrected chi connectivity index (χ3v) is 8.67. The number of likely N-dealkylation sites (tertiary alicyclic amines) is 2. The summed E-state index contributed by atoms with van der Waals surface area (Å²) in [6.45, 7) is 1.80. The van der Waals surface area contributed by atoms with E-state index in [9.17, 15) is 24.0 Å². The standard InChI is InChI=1S/C31H34N4O6/c36-27-14-13-25(28(37)32-27)35-18-21-17-23(11-12-24(21)30(35)39)41-19-22-9-4-5-15-33(22)31(40)26-10-6-16-34(26)29(38)20-7-2-1-3-8-20/h1-3,7-8,11-12,17,22,25-26H,4-6,9-10,13-16,18-19H2,(H,32,36,37)/t22-,25?,26-/m0/s1. The highest BCUT2D eigenvalue weighted by Crippen LogP contribution is 2.31. The Morgan fingerprint density at radius 3 is 2.51 bits per heavy atom. The second kappa shape index (κ2) is 11.3. The topological polar surface area (TPSA) is 116 Å². The van der Waals surface area contributed by atoms with Crippen molar-refractivity contribution < 1.29 is 28.7 Å². The predicted molar refractivity (Wildman–Crippen MR) is 148 cm³/mol. The first-order valence-corrected chi connectivity index (χ1v) is 14.5. The Balaban J connectivity index is 1.11. The van der Waals surface area contributed by atoms with E-state index in [2.05, 4.69) is 5.32 Å². The van der Waals surface area contributed by atoms with Gasteiger partial charge in [-0.25, -0.2) is 0 Å². The number of amides is 5. The minimum absolute atomic E-state index is 0.0143. The number of rotatable bonds is 6. The number of nitrogens with one attached hydrogen (secondary N) is 1. The van der Waals surface area contributed by atoms with E-state index in [0.717, 1.165) is 31.2 Å². The molecule has 41 heavy (non-hydrogen) atoms. The first kappa shape index (κ1) is 27.0. The van der Waals surface area contributed by atoms with Gasteiger partial charge in [0.15, 0.2) is 0 Å². The summed E-state index contributed by atoms with van der Waals surface area (Å²) in [5.41, 5.74) is 1.90. The van der Waals surface area contributed by atoms with Gasteiger partial charge in [0.05, 0.1) is 6.04 Å². The number of piperidine rings is 2. The third-order valence-electron chi connectivity index (χ3n) is 8.67. The predicted octanol–water partition coefficient (Wildman–Crippen LogP) is 2.51. The Morgan fingerprint density at radius 2 is 1.71 bits per heavy atom. The highest BCUT2D eigenvalue weighted by atomic mass is 16.5. The molecule has 4 heterocycles. The van der Waals surface area contributed by atoms with Gasteiger partial charge in [-0.15, -0.1) is 0 Å². The van der Waals surface area contributed by atoms with Gasteiger partial charge >= 0.3 is 0 Å². The first-order valence-electron chi connectivity index (χ1n) is 14.5. The molecule has 6 rings (SSSR count). The van der Waals surface area contributed by atoms with Gasteiger partial charge in [-0.05, 0) is 74.4 Å². The maximum atomic E-state index is 13.8. The molecule has 0 aromatic heterocycles. The van der Waals surface area contributed by atoms with Crippen LogP contribution in [0.5, 0.6) is 5.75 Å². The van der Waals surface area contributed by atoms with E-state index >= 15 is 0 Å². The average Bonchev–Trinajstić information content (AvgIpc) is 3.61. The number of ether oxygens (including phenoxy) is 1. The highest BCUT2D eigenvalue weighted by molar-refractivity contribution is 6.05. The molecule has 10 nitrogen and oxygen atoms in total. The number of fused-ring (bicyclic) bond motifs is 1. The molecule has 3 fully saturated rings. The van der Waals surface area contributed by atoms with Gasteiger partial charge in [0.1, 0.15) is 24.4 Å². The van der Waals surface area contributed by atoms with E-state index in [1.807, 2.05) is 29.2 Å². The van der Waals surface area contributed by atoms with Crippen molar-refractivity contribution in [2.45, 2.75) is 69.6 Å². The molecule has 10 heteroatoms. The number of nitrogens with zero attached hydrogens (tertiary/aromatic N) is 3. The fraction of sp³-hybridized carbons (Fsp3) is 0.452. The molecule has 3 saturated heterocycles. The van der Waals surface area contributed by atoms with Gasteiger partial charge in [-0.3, -0.25) is 29.3 Å². The van der Waals surface area contributed by atoms with Crippen LogP contribution in [0.25, 0.3) is 0 Å². The van der Waals surface area contributed by atoms with Crippen LogP contribution >= 0.6 is 0 Å². The van der Waals surface area contributed by atoms with Gasteiger partial charge in [0.2, 0.25) is 17.7 Å². The summed E-state index contributed by atoms with van der Waals surface area (Å²) < 4.78 is 6.18. The van der Waals surface area contributed by atoms with Crippen molar-refractivity contribution >= 4 is 29.5 Å². The van der Waals surface area contributed by atoms with Crippen LogP contribution in [-0.2, 0) is 20.9 Å². The van der Waals surface area contributed by atoms with Crippen molar-refractivity contribution in [3.63, 3.8) is 0 Å². The lowest BCUT2D eigenvalue weighted by molar-refractivity contribution is -0.140. The summed E-state index contributed by atoms with van der Waals surface area (Å²) in [6.07, 6.45) is 4.71. The van der Waals surface area contributed by atoms with Gasteiger partial charge in [0.25, 0.3) is 11.8 Å². The van der Waals surface area contributed by atoms with Crippen molar-refractivity contribution in [3.05, 3.63) is 65.2 Å². The Labute approximate surface area is 238 Å². The zero-order valence-corrected chi connectivity index (χ0v) is 22.9. The first-order chi connectivity index (χ1) is 19.9. The van der Waals surface area contributed by atoms with E-state index in [1.165, 1.54) is 4.90 Å². The fourth-order valence-electron chi connectivity index (χ4n) is 6.50. The third kappa shape index (κ3) is 5.30. The molecule has 1 N–H and O–H groups in total. The van der Waals surface area contributed by atoms with Crippen molar-refractivity contribution in [2.24, 2.45) is 0 Å². The summed E-state index contributed by atoms with van der Waals surface area (Å²) in [5.74, 6) is -0.500. The molecule has 1 unspecified atom stereocenters. The van der Waals surface area contributed by atoms with E-state index < -0.39 is 18.0 Å². The highest BCUT2D eigenvalue weighted by Gasteiger charge is 2.41. The molecular formula is C31H34N4O6. The summed E-state index contributed by atoms with van der Waals surface area (Å²) in [7, 11) is 0. The van der Waals surface area contributed by atoms with Crippen LogP contribution in [0.15, 0.2) is 48.5 Å². The zero-order chi connectivity index (χ0) is 28.5. The van der Waals surface area contributed by atoms with Crippen molar-refractivity contribution in [1.29, 1.82) is 0 Å². The molecule has 0 spiro atoms. The number of imide groups is 1. The number of benzene rings is 2. The number of hydrogen-bond donors (Lipinski definition) is 1. The molecule has 0 radical (unpaired) electrons. The molecular weight excluding hydrogens is 524 g/mol. The summed E-state index contributed by atoms with van der Waals surface area (Å²) >= 11 is 0. The minimum Gasteiger partial charge on any atom is -0.491 e. The lowest BCUT2D eigenvalue weighted by atomic mass is 10.0. The summed E-state index contributed by atoms with van der Waals surface area (Å²) in [5, 5.41) is 2.32. The number of carbonyl (C=O) groups excluding carboxylic acids is 5. The van der Waals surface area contributed by atoms with Crippen LogP contribution in [0, 0.1) is 0 Å². The Morgan fingerprint density at radius 1 is 0.902 bits per heavy atom. The lowest BCUT2D eigenvalue weighted by Crippen LogP contribution is -2.54. The number of carbonyl (C=O) groups is 5. The van der Waals surface area contributed by atoms with Crippen LogP contribution in [0.2, 0.25) is 0 Å². The molecule has 0 saturated carbocycles. The van der Waals surface area contributed by atoms with Gasteiger partial charge in [-0.1, -0.05) is 18.2 Å². The second-order valence-corrected chi connectivity index (χ2v) is 11.2. The van der Waals surface area contributed by atoms with E-state index in [4.69, 9.17) is 4.74 Å². The van der Waals surface area contributed by atoms with Crippen molar-refractivity contribution in [1.82, 2.24) is 20.0 Å². The van der Waals surface area contributed by atoms with Crippen molar-refractivity contribution in [2.75, 3.05) is 19.7 Å². The molecule has 2 aromatic carbocycles. The Bertz CT molecular complexity index is 1380. The number of hydrogen-bond acceptors (Lipinski definition) is 6. The van der Waals surface area contributed by atoms with Gasteiger partial charge in [-0.2, -0.15) is 0 Å². The largest absolute Gasteiger partial charge is 0.491 e. The Kier molecular flexibility index (Phi) is 7.47. The molecule has 5 amide bonds. The fourth-order valence-corrected chi connectivity index (χ4v) is 6.50. The van der Waals surface area contributed by atoms with Gasteiger partial charge in [0, 0.05) is 37.2 Å². The average molecular weight is 559 g/mol. The Hall–Kier alpha value is -4.21. The molecule has 4 aliphatic heterocycles. The summed E-state index contributed by atoms with van der Waals surface area (Å²) in [6, 6.07) is 13.2. The van der Waals surface area contributed by atoms with E-state index in [0.29, 0.717) is 49.4 Å². The molecule has 2 aromatic rings. The SMILES string of the molecule is O=C1CCC(N2Cc3cc(OC[C@@H]4CCCCN4C(=O)[C@@H]4CCCN4C(=O)c4ccccc4)ccc3C2=O)C(=O)N1. The van der Waals surface area contributed by atoms with E-state index in [1.54, 1.807) is 29.2 Å². The molecule has 4 aliphatic rings. The van der Waals surface area contributed by atoms with Crippen LogP contribution in [0.1, 0.15) is 71.2 Å². The normalized spacial score (nSPS) is 24.3. The maximum Gasteiger partial charge on any atom is 0.255 e. The van der Waals surface area contributed by atoms with Gasteiger partial charge < -0.3 is 19.4 Å². The zero-order valence-electron chi connectivity index (χ0n) is 22.9. The maximum absolute atomic E-state index is 13.8. The quantitative estimate of drug-likeness (QED) is 0.545. The minimum atomic E-state index is -0.664. The molecule has 0 bridgehead atoms. The molecule has 3 atom stereocenters. The van der Waals surface area contributed by atoms with Crippen LogP contribution in [0.3, 0.4) is 0 Å². The van der Waals surface area contributed by atoms with Crippen LogP contribution in [-0.4, -0.2) is 82.1 Å². The molecule has 214 valence electrons. The smallest absolute Gasteiger partial charge is 0.255 e. The second-order valence-electron chi connectivity index (χ2n) is 11.2. The molecule has 0 aliphatic carbocycles. The lowest BCUT2D eigenvalue weighted by Gasteiger charge is -2.38. The van der Waals surface area contributed by atoms with Crippen molar-refractivity contribution in [3.8, 4) is 5.75 Å². The van der Waals surface area contributed by atoms with E-state index in [-0.39, 0.29) is 42.6 Å². The van der Waals surface area contributed by atoms with Crippen LogP contribution < -0.4 is 10.1 Å². The summed E-state index contributed by atoms with van der Waals surface area (Å²) in [4.78, 5) is 68.9. The van der Waals surface area contributed by atoms with Crippen LogP contribution in [0.4, 0.5) is 0 Å².